The molecule has 0 aliphatic rings. The van der Waals surface area contributed by atoms with E-state index >= 15 is 0 Å². The standard InChI is InChI=1S/C18H26ClN3O7/c1-10(14(24)25)22-13(23)11(12(19)8-20-22)9-21(15(26)28-17(2,3)4)16(27)29-18(5,6)7/h8,10H,9H2,1-7H3,(H,24,25). The van der Waals surface area contributed by atoms with Crippen molar-refractivity contribution in [2.45, 2.75) is 72.3 Å². The number of carboxylic acid groups (broad SMARTS) is 1. The van der Waals surface area contributed by atoms with Gasteiger partial charge in [-0.25, -0.2) is 24.0 Å². The third-order valence-corrected chi connectivity index (χ3v) is 3.64. The lowest BCUT2D eigenvalue weighted by Gasteiger charge is -2.28. The summed E-state index contributed by atoms with van der Waals surface area (Å²) in [6, 6.07) is -1.28. The Morgan fingerprint density at radius 1 is 1.14 bits per heavy atom. The van der Waals surface area contributed by atoms with Gasteiger partial charge in [0, 0.05) is 0 Å². The molecule has 1 unspecified atom stereocenters. The van der Waals surface area contributed by atoms with Gasteiger partial charge < -0.3 is 14.6 Å². The maximum Gasteiger partial charge on any atom is 0.420 e. The highest BCUT2D eigenvalue weighted by atomic mass is 35.5. The summed E-state index contributed by atoms with van der Waals surface area (Å²) >= 11 is 6.05. The molecule has 162 valence electrons. The predicted octanol–water partition coefficient (Wildman–Crippen LogP) is 3.21. The van der Waals surface area contributed by atoms with Crippen molar-refractivity contribution in [2.24, 2.45) is 0 Å². The molecule has 0 bridgehead atoms. The normalized spacial score (nSPS) is 12.8. The van der Waals surface area contributed by atoms with Gasteiger partial charge in [0.1, 0.15) is 11.2 Å². The number of hydrogen-bond donors (Lipinski definition) is 1. The van der Waals surface area contributed by atoms with Crippen LogP contribution in [0.4, 0.5) is 9.59 Å². The van der Waals surface area contributed by atoms with E-state index in [0.29, 0.717) is 9.58 Å². The molecule has 1 heterocycles. The number of imide groups is 1. The van der Waals surface area contributed by atoms with E-state index in [1.807, 2.05) is 0 Å². The van der Waals surface area contributed by atoms with E-state index in [1.54, 1.807) is 41.5 Å². The largest absolute Gasteiger partial charge is 0.480 e. The number of carboxylic acids is 1. The Bertz CT molecular complexity index is 824. The summed E-state index contributed by atoms with van der Waals surface area (Å²) in [6.07, 6.45) is -1.02. The highest BCUT2D eigenvalue weighted by molar-refractivity contribution is 6.31. The molecule has 29 heavy (non-hydrogen) atoms. The van der Waals surface area contributed by atoms with Gasteiger partial charge in [0.2, 0.25) is 0 Å². The predicted molar refractivity (Wildman–Crippen MR) is 104 cm³/mol. The number of halogens is 1. The van der Waals surface area contributed by atoms with Crippen molar-refractivity contribution in [2.75, 3.05) is 0 Å². The Kier molecular flexibility index (Phi) is 7.42. The van der Waals surface area contributed by atoms with E-state index < -0.39 is 47.5 Å². The molecule has 2 amide bonds. The molecule has 11 heteroatoms. The monoisotopic (exact) mass is 431 g/mol. The molecule has 1 aromatic rings. The Morgan fingerprint density at radius 3 is 1.97 bits per heavy atom. The summed E-state index contributed by atoms with van der Waals surface area (Å²) in [6.45, 7) is 10.3. The van der Waals surface area contributed by atoms with Crippen LogP contribution in [0.25, 0.3) is 0 Å². The average Bonchev–Trinajstić information content (AvgIpc) is 2.50. The van der Waals surface area contributed by atoms with Crippen LogP contribution < -0.4 is 5.56 Å². The van der Waals surface area contributed by atoms with Crippen LogP contribution >= 0.6 is 11.6 Å². The number of carbonyl (C=O) groups excluding carboxylic acids is 2. The molecule has 1 N–H and O–H groups in total. The Morgan fingerprint density at radius 2 is 1.59 bits per heavy atom. The second-order valence-electron chi connectivity index (χ2n) is 8.28. The summed E-state index contributed by atoms with van der Waals surface area (Å²) in [4.78, 5) is 49.7. The summed E-state index contributed by atoms with van der Waals surface area (Å²) in [5.74, 6) is -1.29. The van der Waals surface area contributed by atoms with Gasteiger partial charge in [-0.3, -0.25) is 4.79 Å². The fourth-order valence-corrected chi connectivity index (χ4v) is 2.19. The van der Waals surface area contributed by atoms with Crippen molar-refractivity contribution >= 4 is 29.8 Å². The van der Waals surface area contributed by atoms with Crippen LogP contribution in [-0.4, -0.2) is 49.1 Å². The number of nitrogens with zero attached hydrogens (tertiary/aromatic N) is 3. The molecule has 0 radical (unpaired) electrons. The minimum atomic E-state index is -1.29. The topological polar surface area (TPSA) is 128 Å². The third-order valence-electron chi connectivity index (χ3n) is 3.32. The molecule has 0 aliphatic heterocycles. The van der Waals surface area contributed by atoms with Crippen LogP contribution in [0.1, 0.15) is 60.1 Å². The van der Waals surface area contributed by atoms with Crippen molar-refractivity contribution in [1.82, 2.24) is 14.7 Å². The molecule has 0 saturated heterocycles. The van der Waals surface area contributed by atoms with Crippen LogP contribution in [0.3, 0.4) is 0 Å². The fourth-order valence-electron chi connectivity index (χ4n) is 2.00. The first-order valence-corrected chi connectivity index (χ1v) is 9.14. The Hall–Kier alpha value is -2.62. The molecule has 0 saturated carbocycles. The van der Waals surface area contributed by atoms with Crippen molar-refractivity contribution in [3.05, 3.63) is 27.1 Å². The molecule has 1 aromatic heterocycles. The van der Waals surface area contributed by atoms with E-state index in [0.717, 1.165) is 6.20 Å². The summed E-state index contributed by atoms with van der Waals surface area (Å²) in [7, 11) is 0. The van der Waals surface area contributed by atoms with Gasteiger partial charge in [0.05, 0.1) is 23.3 Å². The lowest BCUT2D eigenvalue weighted by Crippen LogP contribution is -2.44. The van der Waals surface area contributed by atoms with Gasteiger partial charge in [-0.2, -0.15) is 5.10 Å². The van der Waals surface area contributed by atoms with E-state index in [1.165, 1.54) is 6.92 Å². The summed E-state index contributed by atoms with van der Waals surface area (Å²) in [5.41, 5.74) is -2.90. The number of ether oxygens (including phenoxy) is 2. The minimum absolute atomic E-state index is 0.138. The first-order chi connectivity index (χ1) is 13.0. The quantitative estimate of drug-likeness (QED) is 0.769. The molecular weight excluding hydrogens is 406 g/mol. The van der Waals surface area contributed by atoms with Gasteiger partial charge in [-0.1, -0.05) is 11.6 Å². The van der Waals surface area contributed by atoms with Crippen molar-refractivity contribution in [3.63, 3.8) is 0 Å². The lowest BCUT2D eigenvalue weighted by atomic mass is 10.2. The van der Waals surface area contributed by atoms with E-state index in [2.05, 4.69) is 5.10 Å². The van der Waals surface area contributed by atoms with Gasteiger partial charge in [0.15, 0.2) is 6.04 Å². The highest BCUT2D eigenvalue weighted by Gasteiger charge is 2.33. The van der Waals surface area contributed by atoms with Crippen LogP contribution in [0, 0.1) is 0 Å². The smallest absolute Gasteiger partial charge is 0.420 e. The van der Waals surface area contributed by atoms with Crippen LogP contribution in [0.15, 0.2) is 11.0 Å². The zero-order valence-electron chi connectivity index (χ0n) is 17.5. The van der Waals surface area contributed by atoms with Gasteiger partial charge >= 0.3 is 18.2 Å². The van der Waals surface area contributed by atoms with Crippen LogP contribution in [0.2, 0.25) is 5.02 Å². The van der Waals surface area contributed by atoms with Crippen LogP contribution in [-0.2, 0) is 20.8 Å². The zero-order valence-corrected chi connectivity index (χ0v) is 18.2. The molecular formula is C18H26ClN3O7. The second-order valence-corrected chi connectivity index (χ2v) is 8.69. The van der Waals surface area contributed by atoms with Gasteiger partial charge in [-0.05, 0) is 48.5 Å². The number of aromatic nitrogens is 2. The molecule has 10 nitrogen and oxygen atoms in total. The molecule has 0 fully saturated rings. The van der Waals surface area contributed by atoms with Crippen molar-refractivity contribution in [1.29, 1.82) is 0 Å². The molecule has 1 rings (SSSR count). The van der Waals surface area contributed by atoms with E-state index in [9.17, 15) is 19.2 Å². The number of carbonyl (C=O) groups is 3. The maximum absolute atomic E-state index is 12.7. The Labute approximate surface area is 173 Å². The third kappa shape index (κ3) is 7.04. The first-order valence-electron chi connectivity index (χ1n) is 8.76. The second kappa shape index (κ2) is 8.81. The average molecular weight is 432 g/mol. The summed E-state index contributed by atoms with van der Waals surface area (Å²) < 4.78 is 11.2. The molecule has 0 spiro atoms. The molecule has 1 atom stereocenters. The van der Waals surface area contributed by atoms with Gasteiger partial charge in [0.25, 0.3) is 5.56 Å². The minimum Gasteiger partial charge on any atom is -0.480 e. The SMILES string of the molecule is CC(C(=O)O)n1ncc(Cl)c(CN(C(=O)OC(C)(C)C)C(=O)OC(C)(C)C)c1=O. The number of amides is 2. The molecule has 0 aromatic carbocycles. The lowest BCUT2D eigenvalue weighted by molar-refractivity contribution is -0.140. The molecule has 0 aliphatic carbocycles. The van der Waals surface area contributed by atoms with Crippen molar-refractivity contribution < 1.29 is 29.0 Å². The first kappa shape index (κ1) is 24.4. The number of rotatable bonds is 4. The van der Waals surface area contributed by atoms with E-state index in [4.69, 9.17) is 26.2 Å². The van der Waals surface area contributed by atoms with E-state index in [-0.39, 0.29) is 10.6 Å². The van der Waals surface area contributed by atoms with Crippen molar-refractivity contribution in [3.8, 4) is 0 Å². The van der Waals surface area contributed by atoms with Gasteiger partial charge in [-0.15, -0.1) is 0 Å². The number of aliphatic carboxylic acids is 1. The highest BCUT2D eigenvalue weighted by Crippen LogP contribution is 2.19. The zero-order chi connectivity index (χ0) is 22.7. The van der Waals surface area contributed by atoms with Crippen LogP contribution in [0.5, 0.6) is 0 Å². The summed E-state index contributed by atoms with van der Waals surface area (Å²) in [5, 5.41) is 12.7. The maximum atomic E-state index is 12.7. The number of hydrogen-bond acceptors (Lipinski definition) is 7. The fraction of sp³-hybridized carbons (Fsp3) is 0.611. The Balaban J connectivity index is 3.40.